The minimum Gasteiger partial charge on any atom is -0.380 e. The summed E-state index contributed by atoms with van der Waals surface area (Å²) in [6.45, 7) is 5.70. The summed E-state index contributed by atoms with van der Waals surface area (Å²) in [6.07, 6.45) is 0.646. The van der Waals surface area contributed by atoms with Gasteiger partial charge in [-0.3, -0.25) is 4.79 Å². The van der Waals surface area contributed by atoms with Gasteiger partial charge in [-0.15, -0.1) is 0 Å². The van der Waals surface area contributed by atoms with E-state index in [4.69, 9.17) is 4.74 Å². The van der Waals surface area contributed by atoms with Gasteiger partial charge in [0, 0.05) is 38.0 Å². The fourth-order valence-electron chi connectivity index (χ4n) is 1.94. The summed E-state index contributed by atoms with van der Waals surface area (Å²) < 4.78 is 5.18. The van der Waals surface area contributed by atoms with Crippen LogP contribution >= 0.6 is 0 Å². The second-order valence-electron chi connectivity index (χ2n) is 4.86. The minimum atomic E-state index is 0.248. The van der Waals surface area contributed by atoms with Gasteiger partial charge in [0.15, 0.2) is 0 Å². The van der Waals surface area contributed by atoms with E-state index in [0.717, 1.165) is 26.3 Å². The van der Waals surface area contributed by atoms with Crippen LogP contribution in [0.1, 0.15) is 13.3 Å². The number of likely N-dealkylation sites (tertiary alicyclic amines) is 1. The Morgan fingerprint density at radius 2 is 2.36 bits per heavy atom. The molecule has 2 aliphatic heterocycles. The van der Waals surface area contributed by atoms with Crippen LogP contribution in [0.15, 0.2) is 0 Å². The molecule has 4 heteroatoms. The van der Waals surface area contributed by atoms with E-state index in [1.54, 1.807) is 4.90 Å². The highest BCUT2D eigenvalue weighted by Crippen LogP contribution is 2.25. The first kappa shape index (κ1) is 9.93. The van der Waals surface area contributed by atoms with Crippen LogP contribution in [0, 0.1) is 5.41 Å². The first-order valence-corrected chi connectivity index (χ1v) is 5.14. The van der Waals surface area contributed by atoms with Crippen LogP contribution in [0.2, 0.25) is 0 Å². The number of nitrogens with zero attached hydrogens (tertiary/aromatic N) is 1. The summed E-state index contributed by atoms with van der Waals surface area (Å²) in [7, 11) is 1.86. The van der Waals surface area contributed by atoms with Gasteiger partial charge < -0.3 is 15.0 Å². The molecule has 80 valence electrons. The first-order valence-electron chi connectivity index (χ1n) is 5.14. The van der Waals surface area contributed by atoms with Crippen molar-refractivity contribution in [1.82, 2.24) is 10.2 Å². The molecule has 0 saturated carbocycles. The average Bonchev–Trinajstić information content (AvgIpc) is 2.40. The van der Waals surface area contributed by atoms with Crippen LogP contribution < -0.4 is 5.32 Å². The van der Waals surface area contributed by atoms with Crippen molar-refractivity contribution in [3.63, 3.8) is 0 Å². The van der Waals surface area contributed by atoms with E-state index in [2.05, 4.69) is 12.2 Å². The minimum absolute atomic E-state index is 0.248. The molecule has 4 nitrogen and oxygen atoms in total. The number of ether oxygens (including phenoxy) is 1. The molecule has 0 aromatic carbocycles. The van der Waals surface area contributed by atoms with Gasteiger partial charge in [-0.25, -0.2) is 0 Å². The van der Waals surface area contributed by atoms with Crippen molar-refractivity contribution >= 4 is 5.91 Å². The monoisotopic (exact) mass is 198 g/mol. The molecule has 0 spiro atoms. The maximum Gasteiger partial charge on any atom is 0.224 e. The van der Waals surface area contributed by atoms with E-state index in [0.29, 0.717) is 17.9 Å². The van der Waals surface area contributed by atoms with Crippen molar-refractivity contribution in [1.29, 1.82) is 0 Å². The average molecular weight is 198 g/mol. The summed E-state index contributed by atoms with van der Waals surface area (Å²) in [4.78, 5) is 13.0. The predicted molar refractivity (Wildman–Crippen MR) is 53.0 cm³/mol. The van der Waals surface area contributed by atoms with Crippen molar-refractivity contribution in [2.45, 2.75) is 19.4 Å². The zero-order valence-electron chi connectivity index (χ0n) is 8.88. The van der Waals surface area contributed by atoms with Gasteiger partial charge >= 0.3 is 0 Å². The molecule has 0 radical (unpaired) electrons. The Kier molecular flexibility index (Phi) is 2.49. The molecule has 1 atom stereocenters. The second-order valence-corrected chi connectivity index (χ2v) is 4.86. The quantitative estimate of drug-likeness (QED) is 0.685. The number of rotatable bonds is 3. The SMILES string of the molecule is CN1CC(NCC2(C)COC2)CC1=O. The number of nitrogens with one attached hydrogen (secondary N) is 1. The molecule has 1 unspecified atom stereocenters. The highest BCUT2D eigenvalue weighted by Gasteiger charge is 2.35. The van der Waals surface area contributed by atoms with Crippen molar-refractivity contribution in [2.24, 2.45) is 5.41 Å². The molecule has 0 aliphatic carbocycles. The Morgan fingerprint density at radius 3 is 2.79 bits per heavy atom. The lowest BCUT2D eigenvalue weighted by molar-refractivity contribution is -0.126. The number of hydrogen-bond acceptors (Lipinski definition) is 3. The van der Waals surface area contributed by atoms with Gasteiger partial charge in [0.1, 0.15) is 0 Å². The number of hydrogen-bond donors (Lipinski definition) is 1. The lowest BCUT2D eigenvalue weighted by Crippen LogP contribution is -2.49. The maximum absolute atomic E-state index is 11.3. The number of likely N-dealkylation sites (N-methyl/N-ethyl adjacent to an activating group) is 1. The van der Waals surface area contributed by atoms with Crippen LogP contribution in [0.25, 0.3) is 0 Å². The lowest BCUT2D eigenvalue weighted by atomic mass is 9.88. The Balaban J connectivity index is 1.74. The molecule has 0 aromatic heterocycles. The highest BCUT2D eigenvalue weighted by molar-refractivity contribution is 5.78. The fraction of sp³-hybridized carbons (Fsp3) is 0.900. The van der Waals surface area contributed by atoms with Crippen LogP contribution in [0.4, 0.5) is 0 Å². The van der Waals surface area contributed by atoms with Crippen molar-refractivity contribution < 1.29 is 9.53 Å². The van der Waals surface area contributed by atoms with E-state index >= 15 is 0 Å². The molecule has 0 bridgehead atoms. The molecule has 2 saturated heterocycles. The molecule has 2 fully saturated rings. The third-order valence-electron chi connectivity index (χ3n) is 3.06. The van der Waals surface area contributed by atoms with Crippen molar-refractivity contribution in [3.8, 4) is 0 Å². The third-order valence-corrected chi connectivity index (χ3v) is 3.06. The Morgan fingerprint density at radius 1 is 1.64 bits per heavy atom. The lowest BCUT2D eigenvalue weighted by Gasteiger charge is -2.38. The molecule has 2 heterocycles. The molecule has 2 aliphatic rings. The van der Waals surface area contributed by atoms with Crippen molar-refractivity contribution in [3.05, 3.63) is 0 Å². The van der Waals surface area contributed by atoms with Gasteiger partial charge in [0.25, 0.3) is 0 Å². The van der Waals surface area contributed by atoms with E-state index in [9.17, 15) is 4.79 Å². The maximum atomic E-state index is 11.3. The van der Waals surface area contributed by atoms with Crippen LogP contribution in [-0.2, 0) is 9.53 Å². The van der Waals surface area contributed by atoms with Gasteiger partial charge in [0.2, 0.25) is 5.91 Å². The highest BCUT2D eigenvalue weighted by atomic mass is 16.5. The topological polar surface area (TPSA) is 41.6 Å². The molecule has 14 heavy (non-hydrogen) atoms. The van der Waals surface area contributed by atoms with E-state index < -0.39 is 0 Å². The molecule has 1 amide bonds. The summed E-state index contributed by atoms with van der Waals surface area (Å²) in [5, 5.41) is 3.44. The Bertz CT molecular complexity index is 238. The number of carbonyl (C=O) groups excluding carboxylic acids is 1. The second kappa shape index (κ2) is 3.51. The molecular formula is C10H18N2O2. The summed E-state index contributed by atoms with van der Waals surface area (Å²) in [5.41, 5.74) is 0.296. The van der Waals surface area contributed by atoms with Crippen molar-refractivity contribution in [2.75, 3.05) is 33.4 Å². The van der Waals surface area contributed by atoms with Gasteiger partial charge in [0.05, 0.1) is 13.2 Å². The normalized spacial score (nSPS) is 30.6. The van der Waals surface area contributed by atoms with E-state index in [1.807, 2.05) is 7.05 Å². The third kappa shape index (κ3) is 1.91. The Labute approximate surface area is 84.6 Å². The predicted octanol–water partition coefficient (Wildman–Crippen LogP) is -0.157. The van der Waals surface area contributed by atoms with E-state index in [-0.39, 0.29) is 5.91 Å². The summed E-state index contributed by atoms with van der Waals surface area (Å²) >= 11 is 0. The smallest absolute Gasteiger partial charge is 0.224 e. The number of amides is 1. The van der Waals surface area contributed by atoms with Gasteiger partial charge in [-0.2, -0.15) is 0 Å². The molecule has 2 rings (SSSR count). The van der Waals surface area contributed by atoms with Crippen LogP contribution in [-0.4, -0.2) is 50.2 Å². The molecule has 1 N–H and O–H groups in total. The zero-order valence-corrected chi connectivity index (χ0v) is 8.88. The van der Waals surface area contributed by atoms with Gasteiger partial charge in [-0.05, 0) is 0 Å². The first-order chi connectivity index (χ1) is 6.59. The fourth-order valence-corrected chi connectivity index (χ4v) is 1.94. The molecular weight excluding hydrogens is 180 g/mol. The van der Waals surface area contributed by atoms with Crippen LogP contribution in [0.3, 0.4) is 0 Å². The summed E-state index contributed by atoms with van der Waals surface area (Å²) in [5.74, 6) is 0.248. The van der Waals surface area contributed by atoms with Crippen LogP contribution in [0.5, 0.6) is 0 Å². The van der Waals surface area contributed by atoms with E-state index in [1.165, 1.54) is 0 Å². The summed E-state index contributed by atoms with van der Waals surface area (Å²) in [6, 6.07) is 0.338. The largest absolute Gasteiger partial charge is 0.380 e. The van der Waals surface area contributed by atoms with Gasteiger partial charge in [-0.1, -0.05) is 6.92 Å². The zero-order chi connectivity index (χ0) is 10.2. The number of carbonyl (C=O) groups is 1. The molecule has 0 aromatic rings. The standard InChI is InChI=1S/C10H18N2O2/c1-10(6-14-7-10)5-11-8-3-9(13)12(2)4-8/h8,11H,3-7H2,1-2H3. The Hall–Kier alpha value is -0.610.